The second kappa shape index (κ2) is 5.76. The molecule has 0 atom stereocenters. The van der Waals surface area contributed by atoms with Crippen LogP contribution in [0.5, 0.6) is 0 Å². The maximum absolute atomic E-state index is 13.4. The number of hydrogen-bond donors (Lipinski definition) is 0. The molecule has 100 valence electrons. The molecule has 0 saturated carbocycles. The highest BCUT2D eigenvalue weighted by Crippen LogP contribution is 2.22. The van der Waals surface area contributed by atoms with Crippen LogP contribution in [0.25, 0.3) is 0 Å². The molecule has 8 heteroatoms. The Morgan fingerprint density at radius 1 is 1.33 bits per heavy atom. The van der Waals surface area contributed by atoms with Crippen molar-refractivity contribution in [2.45, 2.75) is 19.2 Å². The summed E-state index contributed by atoms with van der Waals surface area (Å²) >= 11 is 0. The Morgan fingerprint density at radius 2 is 2.00 bits per heavy atom. The Morgan fingerprint density at radius 3 is 2.56 bits per heavy atom. The minimum Gasteiger partial charge on any atom is -0.376 e. The van der Waals surface area contributed by atoms with Crippen LogP contribution in [0.15, 0.2) is 18.2 Å². The van der Waals surface area contributed by atoms with E-state index in [1.54, 1.807) is 0 Å². The molecule has 0 amide bonds. The smallest absolute Gasteiger partial charge is 0.376 e. The molecule has 0 N–H and O–H groups in total. The Kier molecular flexibility index (Phi) is 4.60. The molecule has 18 heavy (non-hydrogen) atoms. The second-order valence-corrected chi connectivity index (χ2v) is 3.43. The van der Waals surface area contributed by atoms with Gasteiger partial charge in [-0.3, -0.25) is 10.1 Å². The maximum atomic E-state index is 13.4. The highest BCUT2D eigenvalue weighted by molar-refractivity contribution is 5.36. The number of nitro groups is 1. The molecule has 0 spiro atoms. The van der Waals surface area contributed by atoms with E-state index in [2.05, 4.69) is 4.74 Å². The number of benzene rings is 1. The van der Waals surface area contributed by atoms with Crippen LogP contribution in [0.3, 0.4) is 0 Å². The van der Waals surface area contributed by atoms with Gasteiger partial charge in [0.05, 0.1) is 24.6 Å². The first-order valence-electron chi connectivity index (χ1n) is 4.87. The maximum Gasteiger partial charge on any atom is 0.391 e. The molecule has 0 fully saturated rings. The minimum absolute atomic E-state index is 0.147. The number of ether oxygens (including phenoxy) is 1. The van der Waals surface area contributed by atoms with Crippen molar-refractivity contribution in [2.24, 2.45) is 0 Å². The van der Waals surface area contributed by atoms with Gasteiger partial charge in [0.15, 0.2) is 0 Å². The molecule has 0 aliphatic rings. The molecule has 0 bridgehead atoms. The summed E-state index contributed by atoms with van der Waals surface area (Å²) in [6.07, 6.45) is -5.50. The summed E-state index contributed by atoms with van der Waals surface area (Å²) in [5.74, 6) is -1.09. The lowest BCUT2D eigenvalue weighted by atomic mass is 10.2. The number of hydrogen-bond acceptors (Lipinski definition) is 3. The highest BCUT2D eigenvalue weighted by Gasteiger charge is 2.26. The van der Waals surface area contributed by atoms with E-state index < -0.39 is 42.2 Å². The average molecular weight is 267 g/mol. The van der Waals surface area contributed by atoms with Crippen molar-refractivity contribution in [1.82, 2.24) is 0 Å². The fourth-order valence-corrected chi connectivity index (χ4v) is 1.19. The summed E-state index contributed by atoms with van der Waals surface area (Å²) in [5, 5.41) is 10.4. The van der Waals surface area contributed by atoms with Gasteiger partial charge in [-0.1, -0.05) is 12.1 Å². The molecule has 4 nitrogen and oxygen atoms in total. The van der Waals surface area contributed by atoms with Gasteiger partial charge < -0.3 is 4.74 Å². The molecule has 0 heterocycles. The first-order valence-corrected chi connectivity index (χ1v) is 4.87. The second-order valence-electron chi connectivity index (χ2n) is 3.43. The van der Waals surface area contributed by atoms with Crippen LogP contribution in [0.2, 0.25) is 0 Å². The van der Waals surface area contributed by atoms with Gasteiger partial charge >= 0.3 is 11.9 Å². The predicted octanol–water partition coefficient (Wildman–Crippen LogP) is 3.20. The average Bonchev–Trinajstić information content (AvgIpc) is 2.24. The molecular weight excluding hydrogens is 258 g/mol. The van der Waals surface area contributed by atoms with E-state index in [9.17, 15) is 27.7 Å². The van der Waals surface area contributed by atoms with Gasteiger partial charge in [-0.2, -0.15) is 17.6 Å². The fraction of sp³-hybridized carbons (Fsp3) is 0.400. The number of nitrogens with zero attached hydrogens (tertiary/aromatic N) is 1. The number of halogens is 4. The summed E-state index contributed by atoms with van der Waals surface area (Å²) in [7, 11) is 0. The van der Waals surface area contributed by atoms with Crippen molar-refractivity contribution in [3.63, 3.8) is 0 Å². The van der Waals surface area contributed by atoms with E-state index in [1.165, 1.54) is 12.1 Å². The normalized spacial score (nSPS) is 11.6. The van der Waals surface area contributed by atoms with E-state index in [0.29, 0.717) is 0 Å². The zero-order chi connectivity index (χ0) is 13.8. The van der Waals surface area contributed by atoms with Gasteiger partial charge in [-0.15, -0.1) is 0 Å². The van der Waals surface area contributed by atoms with Crippen LogP contribution in [0.4, 0.5) is 23.2 Å². The molecule has 0 aromatic heterocycles. The zero-order valence-electron chi connectivity index (χ0n) is 9.04. The van der Waals surface area contributed by atoms with Gasteiger partial charge in [-0.05, 0) is 0 Å². The molecule has 1 rings (SSSR count). The van der Waals surface area contributed by atoms with Crippen molar-refractivity contribution in [3.05, 3.63) is 39.7 Å². The van der Waals surface area contributed by atoms with Crippen molar-refractivity contribution in [1.29, 1.82) is 0 Å². The van der Waals surface area contributed by atoms with Gasteiger partial charge in [-0.25, -0.2) is 0 Å². The SMILES string of the molecule is O=[N+]([O-])c1cccc(COCCC(F)(F)F)c1F. The molecule has 0 radical (unpaired) electrons. The van der Waals surface area contributed by atoms with E-state index in [4.69, 9.17) is 0 Å². The van der Waals surface area contributed by atoms with Crippen LogP contribution in [-0.2, 0) is 11.3 Å². The van der Waals surface area contributed by atoms with Crippen LogP contribution < -0.4 is 0 Å². The van der Waals surface area contributed by atoms with Gasteiger partial charge in [0.25, 0.3) is 0 Å². The molecule has 1 aromatic rings. The van der Waals surface area contributed by atoms with E-state index in [0.717, 1.165) is 6.07 Å². The standard InChI is InChI=1S/C10H9F4NO3/c11-9-7(2-1-3-8(9)15(16)17)6-18-5-4-10(12,13)14/h1-3H,4-6H2. The van der Waals surface area contributed by atoms with Crippen LogP contribution in [0.1, 0.15) is 12.0 Å². The third-order valence-electron chi connectivity index (χ3n) is 2.04. The van der Waals surface area contributed by atoms with Gasteiger partial charge in [0.2, 0.25) is 5.82 Å². The minimum atomic E-state index is -4.35. The lowest BCUT2D eigenvalue weighted by molar-refractivity contribution is -0.387. The Hall–Kier alpha value is -1.70. The third kappa shape index (κ3) is 4.28. The summed E-state index contributed by atoms with van der Waals surface area (Å²) in [5.41, 5.74) is -0.877. The topological polar surface area (TPSA) is 52.4 Å². The van der Waals surface area contributed by atoms with Crippen molar-refractivity contribution < 1.29 is 27.2 Å². The fourth-order valence-electron chi connectivity index (χ4n) is 1.19. The number of alkyl halides is 3. The monoisotopic (exact) mass is 267 g/mol. The molecule has 0 aliphatic carbocycles. The van der Waals surface area contributed by atoms with E-state index in [1.807, 2.05) is 0 Å². The zero-order valence-corrected chi connectivity index (χ0v) is 9.04. The summed E-state index contributed by atoms with van der Waals surface area (Å²) in [4.78, 5) is 9.50. The van der Waals surface area contributed by atoms with E-state index >= 15 is 0 Å². The summed E-state index contributed by atoms with van der Waals surface area (Å²) < 4.78 is 53.4. The van der Waals surface area contributed by atoms with Crippen LogP contribution >= 0.6 is 0 Å². The van der Waals surface area contributed by atoms with Crippen molar-refractivity contribution in [3.8, 4) is 0 Å². The lowest BCUT2D eigenvalue weighted by Crippen LogP contribution is -2.11. The van der Waals surface area contributed by atoms with Gasteiger partial charge in [0, 0.05) is 11.6 Å². The van der Waals surface area contributed by atoms with Gasteiger partial charge in [0.1, 0.15) is 0 Å². The quantitative estimate of drug-likeness (QED) is 0.356. The molecule has 0 unspecified atom stereocenters. The van der Waals surface area contributed by atoms with Crippen molar-refractivity contribution >= 4 is 5.69 Å². The van der Waals surface area contributed by atoms with Crippen LogP contribution in [0, 0.1) is 15.9 Å². The highest BCUT2D eigenvalue weighted by atomic mass is 19.4. The lowest BCUT2D eigenvalue weighted by Gasteiger charge is -2.07. The Bertz CT molecular complexity index is 434. The number of rotatable bonds is 5. The Balaban J connectivity index is 2.58. The molecular formula is C10H9F4NO3. The predicted molar refractivity (Wildman–Crippen MR) is 53.4 cm³/mol. The summed E-state index contributed by atoms with van der Waals surface area (Å²) in [6.45, 7) is -1.06. The van der Waals surface area contributed by atoms with Crippen molar-refractivity contribution in [2.75, 3.05) is 6.61 Å². The van der Waals surface area contributed by atoms with E-state index in [-0.39, 0.29) is 5.56 Å². The third-order valence-corrected chi connectivity index (χ3v) is 2.04. The first kappa shape index (κ1) is 14.4. The molecule has 0 saturated heterocycles. The molecule has 1 aromatic carbocycles. The first-order chi connectivity index (χ1) is 8.31. The number of nitro benzene ring substituents is 1. The van der Waals surface area contributed by atoms with Crippen LogP contribution in [-0.4, -0.2) is 17.7 Å². The molecule has 0 aliphatic heterocycles. The largest absolute Gasteiger partial charge is 0.391 e. The Labute approximate surface area is 99.3 Å². The summed E-state index contributed by atoms with van der Waals surface area (Å²) in [6, 6.07) is 3.42.